The van der Waals surface area contributed by atoms with E-state index in [9.17, 15) is 10.5 Å². The van der Waals surface area contributed by atoms with Crippen LogP contribution in [-0.2, 0) is 0 Å². The maximum atomic E-state index is 9.78. The zero-order valence-corrected chi connectivity index (χ0v) is 45.8. The van der Waals surface area contributed by atoms with Gasteiger partial charge in [0.15, 0.2) is 46.0 Å². The molecule has 0 spiro atoms. The van der Waals surface area contributed by atoms with Crippen molar-refractivity contribution < 1.29 is 48.1 Å². The van der Waals surface area contributed by atoms with Crippen LogP contribution in [0.5, 0.6) is 57.5 Å². The van der Waals surface area contributed by atoms with Crippen LogP contribution in [0.15, 0.2) is 134 Å². The molecule has 79 heavy (non-hydrogen) atoms. The molecule has 2 aromatic heterocycles. The number of hydrogen-bond acceptors (Lipinski definition) is 18. The van der Waals surface area contributed by atoms with Gasteiger partial charge in [0.25, 0.3) is 0 Å². The lowest BCUT2D eigenvalue weighted by Gasteiger charge is -2.17. The van der Waals surface area contributed by atoms with Gasteiger partial charge < -0.3 is 69.0 Å². The summed E-state index contributed by atoms with van der Waals surface area (Å²) in [6.45, 7) is 3.44. The van der Waals surface area contributed by atoms with Crippen LogP contribution >= 0.6 is 11.6 Å². The first-order chi connectivity index (χ1) is 38.6. The Morgan fingerprint density at radius 1 is 0.544 bits per heavy atom. The Bertz CT molecular complexity index is 3280. The molecule has 0 saturated heterocycles. The van der Waals surface area contributed by atoms with Gasteiger partial charge in [-0.2, -0.15) is 10.5 Å². The number of nitrogens with one attached hydrogen (secondary N) is 3. The first-order valence-electron chi connectivity index (χ1n) is 25.2. The monoisotopic (exact) mass is 1090 g/mol. The van der Waals surface area contributed by atoms with Gasteiger partial charge in [0, 0.05) is 72.2 Å². The van der Waals surface area contributed by atoms with E-state index in [2.05, 4.69) is 38.1 Å². The molecule has 6 aromatic carbocycles. The molecule has 2 heterocycles. The number of anilines is 4. The number of fused-ring (bicyclic) bond motifs is 2. The molecule has 8 aromatic rings. The summed E-state index contributed by atoms with van der Waals surface area (Å²) in [6, 6.07) is 41.5. The summed E-state index contributed by atoms with van der Waals surface area (Å²) in [7, 11) is 10.1. The normalized spacial score (nSPS) is 10.5. The molecule has 0 fully saturated rings. The van der Waals surface area contributed by atoms with E-state index in [4.69, 9.17) is 59.7 Å². The zero-order valence-electron chi connectivity index (χ0n) is 45.0. The minimum atomic E-state index is 0.128. The van der Waals surface area contributed by atoms with Gasteiger partial charge >= 0.3 is 0 Å². The number of aliphatic hydroxyl groups excluding tert-OH is 2. The van der Waals surface area contributed by atoms with Crippen LogP contribution in [0.4, 0.5) is 22.7 Å². The second kappa shape index (κ2) is 31.5. The molecule has 0 saturated carbocycles. The Morgan fingerprint density at radius 2 is 0.975 bits per heavy atom. The van der Waals surface area contributed by atoms with Crippen LogP contribution in [-0.4, -0.2) is 120 Å². The van der Waals surface area contributed by atoms with Gasteiger partial charge in [-0.3, -0.25) is 9.97 Å². The summed E-state index contributed by atoms with van der Waals surface area (Å²) in [4.78, 5) is 11.0. The molecule has 0 unspecified atom stereocenters. The number of methoxy groups -OCH3 is 4. The number of rotatable bonds is 25. The number of nitrogens with zero attached hydrogens (tertiary/aromatic N) is 5. The fourth-order valence-corrected chi connectivity index (χ4v) is 7.80. The standard InChI is InChI=1S/C30H32N4O5.C27H24ClN3O4.C3H9NO/c1-34(14-15-35)13-6-16-38-29-18-25-24(17-28(29)37-3)30(21(19-31)20-32-25)33-22-9-11-23(12-10-22)39-27-8-5-4-7-26(27)36-2;1-32-23-6-3-4-7-24(23)35-20-10-8-19(9-11-20)31-27-18(16-29)17-30-22-15-26(34-13-5-12-28)25(33-2)14-21(22)27;1-4-2-3-5/h4-5,7-12,17-18,20,35H,6,13-16H2,1-3H3,(H,32,33);3-4,6-11,14-15,17H,5,12-13H2,1-2H3,(H,30,31);4-5H,2-3H2,1H3. The highest BCUT2D eigenvalue weighted by Gasteiger charge is 2.17. The maximum absolute atomic E-state index is 9.78. The number of aliphatic hydroxyl groups is 2. The van der Waals surface area contributed by atoms with Gasteiger partial charge in [-0.25, -0.2) is 0 Å². The Morgan fingerprint density at radius 3 is 1.34 bits per heavy atom. The van der Waals surface area contributed by atoms with Gasteiger partial charge in [-0.05, 0) is 112 Å². The van der Waals surface area contributed by atoms with Crippen LogP contribution < -0.4 is 53.8 Å². The number of pyridine rings is 2. The van der Waals surface area contributed by atoms with Gasteiger partial charge in [-0.15, -0.1) is 11.6 Å². The van der Waals surface area contributed by atoms with Gasteiger partial charge in [0.05, 0.1) is 88.4 Å². The van der Waals surface area contributed by atoms with E-state index in [-0.39, 0.29) is 13.2 Å². The van der Waals surface area contributed by atoms with E-state index in [1.165, 1.54) is 0 Å². The predicted octanol–water partition coefficient (Wildman–Crippen LogP) is 11.2. The molecule has 0 aliphatic carbocycles. The second-order valence-electron chi connectivity index (χ2n) is 17.1. The molecule has 8 rings (SSSR count). The van der Waals surface area contributed by atoms with Crippen molar-refractivity contribution >= 4 is 56.2 Å². The minimum Gasteiger partial charge on any atom is -0.493 e. The molecule has 0 atom stereocenters. The lowest BCUT2D eigenvalue weighted by Crippen LogP contribution is -2.24. The average molecular weight is 1090 g/mol. The predicted molar refractivity (Wildman–Crippen MR) is 308 cm³/mol. The summed E-state index contributed by atoms with van der Waals surface area (Å²) < 4.78 is 45.6. The van der Waals surface area contributed by atoms with Crippen molar-refractivity contribution in [3.05, 3.63) is 145 Å². The quantitative estimate of drug-likeness (QED) is 0.0265. The lowest BCUT2D eigenvalue weighted by atomic mass is 10.1. The van der Waals surface area contributed by atoms with E-state index < -0.39 is 0 Å². The number of likely N-dealkylation sites (N-methyl/N-ethyl adjacent to an activating group) is 2. The van der Waals surface area contributed by atoms with Gasteiger partial charge in [-0.1, -0.05) is 24.3 Å². The Hall–Kier alpha value is -8.75. The van der Waals surface area contributed by atoms with Crippen LogP contribution in [0.25, 0.3) is 21.8 Å². The number of nitriles is 2. The topological polar surface area (TPSA) is 227 Å². The van der Waals surface area contributed by atoms with E-state index in [1.54, 1.807) is 53.9 Å². The largest absolute Gasteiger partial charge is 0.493 e. The number of alkyl halides is 1. The third kappa shape index (κ3) is 16.9. The van der Waals surface area contributed by atoms with Crippen LogP contribution in [0, 0.1) is 22.7 Å². The van der Waals surface area contributed by atoms with Crippen molar-refractivity contribution in [2.24, 2.45) is 0 Å². The van der Waals surface area contributed by atoms with Crippen molar-refractivity contribution in [1.82, 2.24) is 20.2 Å². The number of hydrogen-bond donors (Lipinski definition) is 5. The second-order valence-corrected chi connectivity index (χ2v) is 17.5. The Kier molecular flexibility index (Phi) is 23.7. The molecule has 0 amide bonds. The van der Waals surface area contributed by atoms with Crippen molar-refractivity contribution in [3.63, 3.8) is 0 Å². The smallest absolute Gasteiger partial charge is 0.169 e. The molecule has 0 aliphatic heterocycles. The molecule has 0 bridgehead atoms. The van der Waals surface area contributed by atoms with Gasteiger partial charge in [0.1, 0.15) is 23.6 Å². The van der Waals surface area contributed by atoms with Crippen molar-refractivity contribution in [2.75, 3.05) is 105 Å². The number of para-hydroxylation sites is 4. The van der Waals surface area contributed by atoms with E-state index in [1.807, 2.05) is 127 Å². The van der Waals surface area contributed by atoms with Crippen molar-refractivity contribution in [1.29, 1.82) is 10.5 Å². The summed E-state index contributed by atoms with van der Waals surface area (Å²) in [5, 5.41) is 47.5. The number of aromatic nitrogens is 2. The van der Waals surface area contributed by atoms with E-state index in [0.717, 1.165) is 35.1 Å². The fourth-order valence-electron chi connectivity index (χ4n) is 7.69. The maximum Gasteiger partial charge on any atom is 0.169 e. The fraction of sp³-hybridized carbons (Fsp3) is 0.267. The highest BCUT2D eigenvalue weighted by Crippen LogP contribution is 2.40. The van der Waals surface area contributed by atoms with E-state index in [0.29, 0.717) is 130 Å². The summed E-state index contributed by atoms with van der Waals surface area (Å²) in [6.07, 6.45) is 4.60. The summed E-state index contributed by atoms with van der Waals surface area (Å²) in [5.41, 5.74) is 4.95. The molecular weight excluding hydrogens is 1030 g/mol. The van der Waals surface area contributed by atoms with Crippen LogP contribution in [0.2, 0.25) is 0 Å². The van der Waals surface area contributed by atoms with Crippen LogP contribution in [0.3, 0.4) is 0 Å². The number of halogens is 1. The van der Waals surface area contributed by atoms with Crippen molar-refractivity contribution in [3.8, 4) is 69.6 Å². The average Bonchev–Trinajstić information content (AvgIpc) is 3.57. The van der Waals surface area contributed by atoms with Gasteiger partial charge in [0.2, 0.25) is 0 Å². The summed E-state index contributed by atoms with van der Waals surface area (Å²) >= 11 is 5.76. The first kappa shape index (κ1) is 59.5. The number of benzene rings is 6. The highest BCUT2D eigenvalue weighted by atomic mass is 35.5. The zero-order chi connectivity index (χ0) is 56.4. The Labute approximate surface area is 465 Å². The molecule has 18 nitrogen and oxygen atoms in total. The lowest BCUT2D eigenvalue weighted by molar-refractivity contribution is 0.206. The number of ether oxygens (including phenoxy) is 8. The molecular formula is C60H65ClN8O10. The van der Waals surface area contributed by atoms with E-state index >= 15 is 0 Å². The third-order valence-corrected chi connectivity index (χ3v) is 12.0. The molecule has 5 N–H and O–H groups in total. The Balaban J connectivity index is 0.000000236. The molecule has 0 radical (unpaired) electrons. The first-order valence-corrected chi connectivity index (χ1v) is 25.7. The van der Waals surface area contributed by atoms with Crippen LogP contribution in [0.1, 0.15) is 24.0 Å². The van der Waals surface area contributed by atoms with Crippen molar-refractivity contribution in [2.45, 2.75) is 12.8 Å². The summed E-state index contributed by atoms with van der Waals surface area (Å²) in [5.74, 6) is 6.60. The molecule has 0 aliphatic rings. The highest BCUT2D eigenvalue weighted by molar-refractivity contribution is 6.17. The third-order valence-electron chi connectivity index (χ3n) is 11.7. The SMILES string of the molecule is CNCCO.COc1cc2c(Nc3ccc(Oc4ccccc4OC)cc3)c(C#N)cnc2cc1OCCCCl.COc1cc2c(Nc3ccc(Oc4ccccc4OC)cc3)c(C#N)cnc2cc1OCCCN(C)CCO. The minimum absolute atomic E-state index is 0.128. The molecule has 412 valence electrons. The molecule has 19 heteroatoms.